The summed E-state index contributed by atoms with van der Waals surface area (Å²) < 4.78 is 11.6. The topological polar surface area (TPSA) is 115 Å². The zero-order valence-corrected chi connectivity index (χ0v) is 12.4. The molecule has 3 heterocycles. The van der Waals surface area contributed by atoms with Crippen LogP contribution in [0.15, 0.2) is 21.6 Å². The summed E-state index contributed by atoms with van der Waals surface area (Å²) in [6.45, 7) is 0.992. The average molecular weight is 319 g/mol. The molecule has 2 aromatic rings. The molecule has 1 unspecified atom stereocenters. The molecule has 1 saturated heterocycles. The molecule has 2 fully saturated rings. The second-order valence-corrected chi connectivity index (χ2v) is 5.95. The molecule has 0 spiro atoms. The third kappa shape index (κ3) is 2.67. The van der Waals surface area contributed by atoms with Crippen molar-refractivity contribution in [3.05, 3.63) is 34.3 Å². The first-order valence-electron chi connectivity index (χ1n) is 7.70. The van der Waals surface area contributed by atoms with E-state index in [0.29, 0.717) is 23.5 Å². The minimum Gasteiger partial charge on any atom is -0.378 e. The van der Waals surface area contributed by atoms with E-state index in [1.165, 1.54) is 4.68 Å². The van der Waals surface area contributed by atoms with Crippen molar-refractivity contribution in [3.63, 3.8) is 0 Å². The fourth-order valence-electron chi connectivity index (χ4n) is 3.33. The van der Waals surface area contributed by atoms with Crippen molar-refractivity contribution in [2.24, 2.45) is 5.92 Å². The molecule has 0 bridgehead atoms. The van der Waals surface area contributed by atoms with Gasteiger partial charge in [-0.15, -0.1) is 0 Å². The number of ether oxygens (including phenoxy) is 1. The predicted octanol–water partition coefficient (Wildman–Crippen LogP) is -0.0950. The zero-order valence-electron chi connectivity index (χ0n) is 12.4. The molecule has 1 saturated carbocycles. The molecule has 2 aromatic heterocycles. The Hall–Kier alpha value is -2.42. The predicted molar refractivity (Wildman–Crippen MR) is 76.8 cm³/mol. The van der Waals surface area contributed by atoms with E-state index < -0.39 is 5.76 Å². The van der Waals surface area contributed by atoms with Crippen LogP contribution in [0.4, 0.5) is 0 Å². The Kier molecular flexibility index (Phi) is 3.49. The van der Waals surface area contributed by atoms with E-state index >= 15 is 0 Å². The quantitative estimate of drug-likeness (QED) is 0.813. The number of hydrogen-bond donors (Lipinski definition) is 2. The largest absolute Gasteiger partial charge is 0.438 e. The second-order valence-electron chi connectivity index (χ2n) is 5.95. The van der Waals surface area contributed by atoms with Crippen LogP contribution in [0, 0.1) is 5.92 Å². The molecule has 0 radical (unpaired) electrons. The van der Waals surface area contributed by atoms with Crippen LogP contribution >= 0.6 is 0 Å². The first kappa shape index (κ1) is 14.2. The van der Waals surface area contributed by atoms with Gasteiger partial charge in [0, 0.05) is 24.8 Å². The van der Waals surface area contributed by atoms with Gasteiger partial charge in [-0.1, -0.05) is 5.16 Å². The minimum atomic E-state index is -0.629. The normalized spacial score (nSPS) is 26.3. The van der Waals surface area contributed by atoms with E-state index in [9.17, 15) is 9.59 Å². The number of carbonyl (C=O) groups excluding carboxylic acids is 1. The van der Waals surface area contributed by atoms with Gasteiger partial charge >= 0.3 is 5.76 Å². The highest BCUT2D eigenvalue weighted by Gasteiger charge is 2.44. The SMILES string of the molecule is O=C(NC1C[C@@H]2OCCC[C@H]12)c1ccnn1Cc1noc(=O)[nH]1. The number of aromatic nitrogens is 4. The lowest BCUT2D eigenvalue weighted by Crippen LogP contribution is -2.57. The van der Waals surface area contributed by atoms with Crippen LogP contribution in [0.1, 0.15) is 35.6 Å². The molecular weight excluding hydrogens is 302 g/mol. The van der Waals surface area contributed by atoms with Crippen molar-refractivity contribution >= 4 is 5.91 Å². The number of H-pyrrole nitrogens is 1. The fraction of sp³-hybridized carbons (Fsp3) is 0.571. The third-order valence-corrected chi connectivity index (χ3v) is 4.54. The summed E-state index contributed by atoms with van der Waals surface area (Å²) >= 11 is 0. The summed E-state index contributed by atoms with van der Waals surface area (Å²) in [7, 11) is 0. The number of aromatic amines is 1. The highest BCUT2D eigenvalue weighted by Crippen LogP contribution is 2.37. The maximum atomic E-state index is 12.5. The second kappa shape index (κ2) is 5.65. The molecule has 0 aromatic carbocycles. The number of fused-ring (bicyclic) bond motifs is 1. The third-order valence-electron chi connectivity index (χ3n) is 4.54. The Morgan fingerprint density at radius 3 is 3.22 bits per heavy atom. The van der Waals surface area contributed by atoms with E-state index in [1.807, 2.05) is 0 Å². The van der Waals surface area contributed by atoms with Gasteiger partial charge in [-0.05, 0) is 25.3 Å². The van der Waals surface area contributed by atoms with Gasteiger partial charge in [0.2, 0.25) is 0 Å². The van der Waals surface area contributed by atoms with Crippen LogP contribution in [-0.2, 0) is 11.3 Å². The van der Waals surface area contributed by atoms with Crippen molar-refractivity contribution in [1.29, 1.82) is 0 Å². The molecule has 1 aliphatic heterocycles. The number of nitrogens with zero attached hydrogens (tertiary/aromatic N) is 3. The van der Waals surface area contributed by atoms with Crippen molar-refractivity contribution in [2.75, 3.05) is 6.61 Å². The molecule has 2 aliphatic rings. The van der Waals surface area contributed by atoms with Crippen molar-refractivity contribution < 1.29 is 14.1 Å². The van der Waals surface area contributed by atoms with Crippen LogP contribution in [0.2, 0.25) is 0 Å². The average Bonchev–Trinajstić information content (AvgIpc) is 3.14. The summed E-state index contributed by atoms with van der Waals surface area (Å²) in [4.78, 5) is 25.9. The van der Waals surface area contributed by atoms with Gasteiger partial charge in [-0.2, -0.15) is 5.10 Å². The summed E-state index contributed by atoms with van der Waals surface area (Å²) in [6, 6.07) is 1.80. The summed E-state index contributed by atoms with van der Waals surface area (Å²) in [5, 5.41) is 10.7. The van der Waals surface area contributed by atoms with Gasteiger partial charge in [-0.25, -0.2) is 4.79 Å². The number of amides is 1. The van der Waals surface area contributed by atoms with E-state index in [0.717, 1.165) is 25.9 Å². The molecule has 9 heteroatoms. The molecular formula is C14H17N5O4. The Morgan fingerprint density at radius 2 is 2.43 bits per heavy atom. The number of rotatable bonds is 4. The Balaban J connectivity index is 1.43. The molecule has 122 valence electrons. The number of nitrogens with one attached hydrogen (secondary N) is 2. The van der Waals surface area contributed by atoms with Crippen LogP contribution in [-0.4, -0.2) is 44.6 Å². The number of carbonyl (C=O) groups is 1. The monoisotopic (exact) mass is 319 g/mol. The highest BCUT2D eigenvalue weighted by atomic mass is 16.5. The van der Waals surface area contributed by atoms with Gasteiger partial charge in [-0.3, -0.25) is 19.0 Å². The molecule has 4 rings (SSSR count). The summed E-state index contributed by atoms with van der Waals surface area (Å²) in [5.74, 6) is -0.0774. The van der Waals surface area contributed by atoms with E-state index in [4.69, 9.17) is 4.74 Å². The summed E-state index contributed by atoms with van der Waals surface area (Å²) in [6.07, 6.45) is 4.83. The Bertz CT molecular complexity index is 763. The van der Waals surface area contributed by atoms with Crippen molar-refractivity contribution in [2.45, 2.75) is 38.0 Å². The molecule has 3 atom stereocenters. The first-order chi connectivity index (χ1) is 11.2. The molecule has 23 heavy (non-hydrogen) atoms. The lowest BCUT2D eigenvalue weighted by atomic mass is 9.72. The zero-order chi connectivity index (χ0) is 15.8. The standard InChI is InChI=1S/C14H17N5O4/c20-13(16-9-6-11-8(9)2-1-5-22-11)10-3-4-15-19(10)7-12-17-14(21)23-18-12/h3-4,8-9,11H,1-2,5-7H2,(H,16,20)(H,17,18,21)/t8-,9?,11+/m1/s1. The van der Waals surface area contributed by atoms with Crippen molar-refractivity contribution in [3.8, 4) is 0 Å². The Morgan fingerprint density at radius 1 is 1.52 bits per heavy atom. The van der Waals surface area contributed by atoms with E-state index in [2.05, 4.69) is 25.1 Å². The van der Waals surface area contributed by atoms with Gasteiger partial charge in [0.15, 0.2) is 5.82 Å². The smallest absolute Gasteiger partial charge is 0.378 e. The van der Waals surface area contributed by atoms with E-state index in [1.54, 1.807) is 12.3 Å². The van der Waals surface area contributed by atoms with Crippen molar-refractivity contribution in [1.82, 2.24) is 25.2 Å². The van der Waals surface area contributed by atoms with Crippen LogP contribution in [0.25, 0.3) is 0 Å². The van der Waals surface area contributed by atoms with Crippen LogP contribution in [0.5, 0.6) is 0 Å². The van der Waals surface area contributed by atoms with Gasteiger partial charge in [0.25, 0.3) is 5.91 Å². The maximum Gasteiger partial charge on any atom is 0.438 e. The molecule has 1 amide bonds. The van der Waals surface area contributed by atoms with Gasteiger partial charge < -0.3 is 10.1 Å². The lowest BCUT2D eigenvalue weighted by molar-refractivity contribution is -0.100. The lowest BCUT2D eigenvalue weighted by Gasteiger charge is -2.47. The van der Waals surface area contributed by atoms with Crippen LogP contribution in [0.3, 0.4) is 0 Å². The minimum absolute atomic E-state index is 0.156. The van der Waals surface area contributed by atoms with Crippen LogP contribution < -0.4 is 11.1 Å². The summed E-state index contributed by atoms with van der Waals surface area (Å²) in [5.41, 5.74) is 0.425. The highest BCUT2D eigenvalue weighted by molar-refractivity contribution is 5.92. The van der Waals surface area contributed by atoms with Gasteiger partial charge in [0.1, 0.15) is 12.2 Å². The first-order valence-corrected chi connectivity index (χ1v) is 7.70. The maximum absolute atomic E-state index is 12.5. The Labute approximate surface area is 131 Å². The number of hydrogen-bond acceptors (Lipinski definition) is 6. The molecule has 2 N–H and O–H groups in total. The molecule has 1 aliphatic carbocycles. The molecule has 9 nitrogen and oxygen atoms in total. The van der Waals surface area contributed by atoms with E-state index in [-0.39, 0.29) is 18.5 Å². The van der Waals surface area contributed by atoms with Gasteiger partial charge in [0.05, 0.1) is 6.10 Å². The fourth-order valence-corrected chi connectivity index (χ4v) is 3.33.